The molecule has 0 radical (unpaired) electrons. The summed E-state index contributed by atoms with van der Waals surface area (Å²) in [6.07, 6.45) is 66.0. The van der Waals surface area contributed by atoms with Crippen LogP contribution < -0.4 is 5.32 Å². The highest BCUT2D eigenvalue weighted by Crippen LogP contribution is 2.23. The van der Waals surface area contributed by atoms with E-state index in [1.54, 1.807) is 0 Å². The van der Waals surface area contributed by atoms with Crippen molar-refractivity contribution in [1.29, 1.82) is 0 Å². The summed E-state index contributed by atoms with van der Waals surface area (Å²) in [5, 5.41) is 54.4. The average molecular weight is 1030 g/mol. The number of carbonyl (C=O) groups is 1. The van der Waals surface area contributed by atoms with E-state index in [1.165, 1.54) is 186 Å². The zero-order valence-corrected chi connectivity index (χ0v) is 47.4. The van der Waals surface area contributed by atoms with E-state index in [0.29, 0.717) is 12.8 Å². The number of rotatable bonds is 53. The van der Waals surface area contributed by atoms with E-state index in [9.17, 15) is 30.3 Å². The Morgan fingerprint density at radius 3 is 1.26 bits per heavy atom. The molecular formula is C64H117NO8. The first kappa shape index (κ1) is 68.9. The maximum atomic E-state index is 13.0. The summed E-state index contributed by atoms with van der Waals surface area (Å²) in [5.74, 6) is -0.143. The molecule has 1 fully saturated rings. The molecule has 1 aliphatic rings. The Hall–Kier alpha value is -2.11. The molecule has 0 saturated carbocycles. The molecule has 7 atom stereocenters. The van der Waals surface area contributed by atoms with Crippen molar-refractivity contribution in [2.24, 2.45) is 0 Å². The molecule has 1 rings (SSSR count). The number of nitrogens with one attached hydrogen (secondary N) is 1. The summed E-state index contributed by atoms with van der Waals surface area (Å²) in [5.41, 5.74) is 0. The first-order chi connectivity index (χ1) is 35.8. The molecule has 0 aromatic heterocycles. The van der Waals surface area contributed by atoms with Gasteiger partial charge < -0.3 is 40.3 Å². The highest BCUT2D eigenvalue weighted by atomic mass is 16.7. The van der Waals surface area contributed by atoms with E-state index < -0.39 is 49.5 Å². The molecule has 0 spiro atoms. The lowest BCUT2D eigenvalue weighted by Gasteiger charge is -2.40. The van der Waals surface area contributed by atoms with Crippen LogP contribution in [-0.4, -0.2) is 87.5 Å². The van der Waals surface area contributed by atoms with Crippen LogP contribution in [0.4, 0.5) is 0 Å². The molecule has 0 aromatic carbocycles. The third-order valence-corrected chi connectivity index (χ3v) is 14.6. The lowest BCUT2D eigenvalue weighted by atomic mass is 9.99. The number of allylic oxidation sites excluding steroid dienone is 10. The van der Waals surface area contributed by atoms with Gasteiger partial charge in [0.1, 0.15) is 24.4 Å². The van der Waals surface area contributed by atoms with Crippen molar-refractivity contribution in [3.63, 3.8) is 0 Å². The monoisotopic (exact) mass is 1030 g/mol. The normalized spacial score (nSPS) is 19.5. The van der Waals surface area contributed by atoms with Gasteiger partial charge >= 0.3 is 0 Å². The van der Waals surface area contributed by atoms with Gasteiger partial charge in [-0.05, 0) is 57.8 Å². The Balaban J connectivity index is 1.97. The molecule has 73 heavy (non-hydrogen) atoms. The van der Waals surface area contributed by atoms with Crippen LogP contribution in [0.25, 0.3) is 0 Å². The summed E-state index contributed by atoms with van der Waals surface area (Å²) in [7, 11) is 0. The second kappa shape index (κ2) is 53.3. The van der Waals surface area contributed by atoms with Crippen LogP contribution in [0.5, 0.6) is 0 Å². The Kier molecular flexibility index (Phi) is 50.3. The van der Waals surface area contributed by atoms with E-state index in [4.69, 9.17) is 9.47 Å². The molecule has 6 N–H and O–H groups in total. The van der Waals surface area contributed by atoms with E-state index >= 15 is 0 Å². The number of aliphatic hydroxyl groups excluding tert-OH is 5. The minimum atomic E-state index is -1.55. The lowest BCUT2D eigenvalue weighted by Crippen LogP contribution is -2.60. The van der Waals surface area contributed by atoms with Crippen molar-refractivity contribution < 1.29 is 39.8 Å². The highest BCUT2D eigenvalue weighted by Gasteiger charge is 2.44. The van der Waals surface area contributed by atoms with Gasteiger partial charge in [-0.2, -0.15) is 0 Å². The first-order valence-corrected chi connectivity index (χ1v) is 31.0. The number of unbranched alkanes of at least 4 members (excludes halogenated alkanes) is 33. The fourth-order valence-electron chi connectivity index (χ4n) is 9.78. The summed E-state index contributed by atoms with van der Waals surface area (Å²) < 4.78 is 11.3. The standard InChI is InChI=1S/C64H117NO8/c1-3-5-7-9-11-13-14-15-16-17-18-19-20-21-22-23-24-25-26-27-28-29-30-31-32-33-34-35-36-37-38-39-40-41-42-43-44-46-48-50-52-54-60(68)65-57(58(67)53-51-49-47-45-12-10-8-6-4-2)56-72-64-63(71)62(70)61(69)59(55-66)73-64/h5,7,11,13,15-16,18-19,21-22,57-59,61-64,66-67,69-71H,3-4,6,8-10,12,14,17,20,23-56H2,1-2H3,(H,65,68)/b7-5-,13-11-,16-15-,19-18-,22-21-. The SMILES string of the molecule is CC/C=C\C/C=C\C/C=C\C/C=C\C/C=C\CCCCCCCCCCCCCCCCCCCCCCCCCCCC(=O)NC(COC1OC(CO)C(O)C(O)C1O)C(O)CCCCCCCCCCC. The van der Waals surface area contributed by atoms with Crippen molar-refractivity contribution in [3.05, 3.63) is 60.8 Å². The van der Waals surface area contributed by atoms with E-state index in [1.807, 2.05) is 0 Å². The Morgan fingerprint density at radius 1 is 0.479 bits per heavy atom. The molecule has 0 aromatic rings. The van der Waals surface area contributed by atoms with Crippen molar-refractivity contribution >= 4 is 5.91 Å². The summed E-state index contributed by atoms with van der Waals surface area (Å²) in [6.45, 7) is 3.71. The van der Waals surface area contributed by atoms with Crippen molar-refractivity contribution in [1.82, 2.24) is 5.32 Å². The number of amides is 1. The minimum Gasteiger partial charge on any atom is -0.394 e. The minimum absolute atomic E-state index is 0.136. The average Bonchev–Trinajstić information content (AvgIpc) is 3.39. The first-order valence-electron chi connectivity index (χ1n) is 31.0. The van der Waals surface area contributed by atoms with Crippen LogP contribution in [-0.2, 0) is 14.3 Å². The number of hydrogen-bond donors (Lipinski definition) is 6. The van der Waals surface area contributed by atoms with Gasteiger partial charge in [0.15, 0.2) is 6.29 Å². The van der Waals surface area contributed by atoms with Gasteiger partial charge in [-0.15, -0.1) is 0 Å². The van der Waals surface area contributed by atoms with Gasteiger partial charge in [-0.1, -0.05) is 280 Å². The third-order valence-electron chi connectivity index (χ3n) is 14.6. The van der Waals surface area contributed by atoms with Gasteiger partial charge in [-0.3, -0.25) is 4.79 Å². The van der Waals surface area contributed by atoms with E-state index in [-0.39, 0.29) is 12.5 Å². The molecule has 0 aliphatic carbocycles. The Morgan fingerprint density at radius 2 is 0.849 bits per heavy atom. The molecule has 1 saturated heterocycles. The fraction of sp³-hybridized carbons (Fsp3) is 0.828. The second-order valence-corrected chi connectivity index (χ2v) is 21.5. The Labute approximate surface area is 449 Å². The predicted molar refractivity (Wildman–Crippen MR) is 309 cm³/mol. The van der Waals surface area contributed by atoms with Gasteiger partial charge in [-0.25, -0.2) is 0 Å². The van der Waals surface area contributed by atoms with Gasteiger partial charge in [0.2, 0.25) is 5.91 Å². The fourth-order valence-corrected chi connectivity index (χ4v) is 9.78. The Bertz CT molecular complexity index is 1330. The molecule has 1 aliphatic heterocycles. The van der Waals surface area contributed by atoms with Crippen LogP contribution in [0.15, 0.2) is 60.8 Å². The van der Waals surface area contributed by atoms with E-state index in [0.717, 1.165) is 70.6 Å². The van der Waals surface area contributed by atoms with Crippen molar-refractivity contribution in [2.75, 3.05) is 13.2 Å². The number of hydrogen-bond acceptors (Lipinski definition) is 8. The smallest absolute Gasteiger partial charge is 0.220 e. The molecule has 1 amide bonds. The number of carbonyl (C=O) groups excluding carboxylic acids is 1. The maximum Gasteiger partial charge on any atom is 0.220 e. The van der Waals surface area contributed by atoms with Gasteiger partial charge in [0.25, 0.3) is 0 Å². The van der Waals surface area contributed by atoms with Crippen LogP contribution in [0.3, 0.4) is 0 Å². The van der Waals surface area contributed by atoms with Crippen molar-refractivity contribution in [3.8, 4) is 0 Å². The highest BCUT2D eigenvalue weighted by molar-refractivity contribution is 5.76. The molecule has 1 heterocycles. The largest absolute Gasteiger partial charge is 0.394 e. The van der Waals surface area contributed by atoms with Crippen LogP contribution in [0, 0.1) is 0 Å². The molecule has 0 bridgehead atoms. The summed E-state index contributed by atoms with van der Waals surface area (Å²) in [4.78, 5) is 13.0. The van der Waals surface area contributed by atoms with Crippen LogP contribution >= 0.6 is 0 Å². The molecular weight excluding hydrogens is 911 g/mol. The molecule has 9 heteroatoms. The topological polar surface area (TPSA) is 149 Å². The lowest BCUT2D eigenvalue weighted by molar-refractivity contribution is -0.302. The predicted octanol–water partition coefficient (Wildman–Crippen LogP) is 15.9. The zero-order valence-electron chi connectivity index (χ0n) is 47.4. The molecule has 426 valence electrons. The van der Waals surface area contributed by atoms with Crippen LogP contribution in [0.2, 0.25) is 0 Å². The maximum absolute atomic E-state index is 13.0. The zero-order chi connectivity index (χ0) is 52.9. The van der Waals surface area contributed by atoms with Gasteiger partial charge in [0.05, 0.1) is 25.4 Å². The van der Waals surface area contributed by atoms with Crippen LogP contribution in [0.1, 0.15) is 284 Å². The van der Waals surface area contributed by atoms with Crippen molar-refractivity contribution in [2.45, 2.75) is 326 Å². The van der Waals surface area contributed by atoms with Gasteiger partial charge in [0, 0.05) is 6.42 Å². The summed E-state index contributed by atoms with van der Waals surface area (Å²) in [6, 6.07) is -0.715. The third kappa shape index (κ3) is 42.7. The molecule has 7 unspecified atom stereocenters. The van der Waals surface area contributed by atoms with E-state index in [2.05, 4.69) is 79.9 Å². The quantitative estimate of drug-likeness (QED) is 0.0261. The molecule has 9 nitrogen and oxygen atoms in total. The summed E-state index contributed by atoms with van der Waals surface area (Å²) >= 11 is 0. The second-order valence-electron chi connectivity index (χ2n) is 21.5. The number of ether oxygens (including phenoxy) is 2. The number of aliphatic hydroxyl groups is 5.